The van der Waals surface area contributed by atoms with Gasteiger partial charge in [-0.25, -0.2) is 4.79 Å². The first-order chi connectivity index (χ1) is 12.5. The summed E-state index contributed by atoms with van der Waals surface area (Å²) in [6, 6.07) is 12.1. The van der Waals surface area contributed by atoms with Crippen molar-refractivity contribution in [1.29, 1.82) is 0 Å². The van der Waals surface area contributed by atoms with Crippen molar-refractivity contribution in [2.75, 3.05) is 24.7 Å². The minimum Gasteiger partial charge on any atom is -0.489 e. The molecule has 0 bridgehead atoms. The molecule has 0 spiro atoms. The lowest BCUT2D eigenvalue weighted by molar-refractivity contribution is -0.117. The second-order valence-corrected chi connectivity index (χ2v) is 7.05. The van der Waals surface area contributed by atoms with Crippen LogP contribution in [-0.4, -0.2) is 31.6 Å². The average Bonchev–Trinajstić information content (AvgIpc) is 3.06. The van der Waals surface area contributed by atoms with Crippen molar-refractivity contribution in [1.82, 2.24) is 0 Å². The second kappa shape index (κ2) is 8.56. The number of benzene rings is 2. The molecule has 2 aromatic rings. The number of ether oxygens (including phenoxy) is 2. The number of carbonyl (C=O) groups is 2. The molecule has 0 unspecified atom stereocenters. The van der Waals surface area contributed by atoms with Crippen LogP contribution in [0.1, 0.15) is 23.2 Å². The molecule has 7 heteroatoms. The van der Waals surface area contributed by atoms with Gasteiger partial charge in [-0.2, -0.15) is 0 Å². The molecule has 1 fully saturated rings. The summed E-state index contributed by atoms with van der Waals surface area (Å²) < 4.78 is 11.5. The SMILES string of the molecule is O=C(OCCOc1ccc(Cl)cc1Br)c1ccc(N2CCCC2=O)cc1. The van der Waals surface area contributed by atoms with Crippen molar-refractivity contribution in [3.8, 4) is 5.75 Å². The van der Waals surface area contributed by atoms with Crippen LogP contribution in [0.5, 0.6) is 5.75 Å². The van der Waals surface area contributed by atoms with Gasteiger partial charge in [-0.15, -0.1) is 0 Å². The standard InChI is InChI=1S/C19H17BrClNO4/c20-16-12-14(21)5-8-17(16)25-10-11-26-19(24)13-3-6-15(7-4-13)22-9-1-2-18(22)23/h3-8,12H,1-2,9-11H2. The van der Waals surface area contributed by atoms with E-state index in [9.17, 15) is 9.59 Å². The third-order valence-corrected chi connectivity index (χ3v) is 4.81. The summed E-state index contributed by atoms with van der Waals surface area (Å²) in [7, 11) is 0. The number of carbonyl (C=O) groups excluding carboxylic acids is 2. The highest BCUT2D eigenvalue weighted by Gasteiger charge is 2.21. The molecule has 3 rings (SSSR count). The highest BCUT2D eigenvalue weighted by molar-refractivity contribution is 9.10. The van der Waals surface area contributed by atoms with Gasteiger partial charge in [0.25, 0.3) is 0 Å². The summed E-state index contributed by atoms with van der Waals surface area (Å²) in [6.45, 7) is 1.08. The molecule has 2 aromatic carbocycles. The molecule has 0 radical (unpaired) electrons. The predicted octanol–water partition coefficient (Wildman–Crippen LogP) is 4.47. The molecule has 1 amide bonds. The zero-order chi connectivity index (χ0) is 18.5. The molecule has 0 N–H and O–H groups in total. The zero-order valence-corrected chi connectivity index (χ0v) is 16.3. The Morgan fingerprint density at radius 2 is 1.92 bits per heavy atom. The lowest BCUT2D eigenvalue weighted by Crippen LogP contribution is -2.23. The number of anilines is 1. The highest BCUT2D eigenvalue weighted by Crippen LogP contribution is 2.28. The van der Waals surface area contributed by atoms with Gasteiger partial charge >= 0.3 is 5.97 Å². The average molecular weight is 439 g/mol. The van der Waals surface area contributed by atoms with E-state index in [0.717, 1.165) is 23.1 Å². The van der Waals surface area contributed by atoms with Crippen molar-refractivity contribution >= 4 is 45.1 Å². The van der Waals surface area contributed by atoms with Gasteiger partial charge in [-0.05, 0) is 64.8 Å². The maximum Gasteiger partial charge on any atom is 0.338 e. The minimum absolute atomic E-state index is 0.117. The van der Waals surface area contributed by atoms with E-state index >= 15 is 0 Å². The molecule has 26 heavy (non-hydrogen) atoms. The molecule has 1 aliphatic rings. The molecule has 0 aromatic heterocycles. The van der Waals surface area contributed by atoms with Crippen LogP contribution in [0.3, 0.4) is 0 Å². The largest absolute Gasteiger partial charge is 0.489 e. The summed E-state index contributed by atoms with van der Waals surface area (Å²) in [6.07, 6.45) is 1.44. The molecule has 1 aliphatic heterocycles. The van der Waals surface area contributed by atoms with Gasteiger partial charge in [0.1, 0.15) is 19.0 Å². The highest BCUT2D eigenvalue weighted by atomic mass is 79.9. The Kier molecular flexibility index (Phi) is 6.16. The Balaban J connectivity index is 1.48. The Morgan fingerprint density at radius 1 is 1.15 bits per heavy atom. The Morgan fingerprint density at radius 3 is 2.58 bits per heavy atom. The van der Waals surface area contributed by atoms with E-state index in [4.69, 9.17) is 21.1 Å². The van der Waals surface area contributed by atoms with Crippen LogP contribution in [0.4, 0.5) is 5.69 Å². The zero-order valence-electron chi connectivity index (χ0n) is 13.9. The van der Waals surface area contributed by atoms with Crippen LogP contribution in [0.25, 0.3) is 0 Å². The Bertz CT molecular complexity index is 810. The molecule has 1 saturated heterocycles. The van der Waals surface area contributed by atoms with Crippen molar-refractivity contribution in [3.63, 3.8) is 0 Å². The summed E-state index contributed by atoms with van der Waals surface area (Å²) in [5, 5.41) is 0.606. The number of hydrogen-bond acceptors (Lipinski definition) is 4. The van der Waals surface area contributed by atoms with E-state index in [1.54, 1.807) is 47.4 Å². The number of amides is 1. The predicted molar refractivity (Wildman–Crippen MR) is 103 cm³/mol. The molecular weight excluding hydrogens is 422 g/mol. The monoisotopic (exact) mass is 437 g/mol. The number of nitrogens with zero attached hydrogens (tertiary/aromatic N) is 1. The van der Waals surface area contributed by atoms with E-state index in [0.29, 0.717) is 22.8 Å². The lowest BCUT2D eigenvalue weighted by Gasteiger charge is -2.15. The van der Waals surface area contributed by atoms with E-state index in [2.05, 4.69) is 15.9 Å². The van der Waals surface area contributed by atoms with Gasteiger partial charge in [-0.1, -0.05) is 11.6 Å². The van der Waals surface area contributed by atoms with Gasteiger partial charge in [0.15, 0.2) is 0 Å². The first-order valence-electron chi connectivity index (χ1n) is 8.20. The third-order valence-electron chi connectivity index (χ3n) is 3.96. The van der Waals surface area contributed by atoms with Crippen LogP contribution >= 0.6 is 27.5 Å². The van der Waals surface area contributed by atoms with Crippen molar-refractivity contribution < 1.29 is 19.1 Å². The van der Waals surface area contributed by atoms with Crippen LogP contribution in [0.2, 0.25) is 5.02 Å². The third kappa shape index (κ3) is 4.56. The molecular formula is C19H17BrClNO4. The molecule has 136 valence electrons. The first kappa shape index (κ1) is 18.7. The summed E-state index contributed by atoms with van der Waals surface area (Å²) in [4.78, 5) is 25.5. The number of rotatable bonds is 6. The quantitative estimate of drug-likeness (QED) is 0.493. The van der Waals surface area contributed by atoms with Gasteiger partial charge in [-0.3, -0.25) is 4.79 Å². The minimum atomic E-state index is -0.428. The number of halogens is 2. The van der Waals surface area contributed by atoms with Gasteiger partial charge in [0, 0.05) is 23.7 Å². The lowest BCUT2D eigenvalue weighted by atomic mass is 10.2. The molecule has 0 atom stereocenters. The van der Waals surface area contributed by atoms with Crippen LogP contribution in [0, 0.1) is 0 Å². The fourth-order valence-corrected chi connectivity index (χ4v) is 3.46. The normalized spacial score (nSPS) is 13.8. The van der Waals surface area contributed by atoms with Gasteiger partial charge in [0.2, 0.25) is 5.91 Å². The van der Waals surface area contributed by atoms with E-state index in [1.807, 2.05) is 0 Å². The van der Waals surface area contributed by atoms with Crippen LogP contribution < -0.4 is 9.64 Å². The molecule has 1 heterocycles. The summed E-state index contributed by atoms with van der Waals surface area (Å²) in [5.74, 6) is 0.319. The number of esters is 1. The van der Waals surface area contributed by atoms with E-state index < -0.39 is 5.97 Å². The van der Waals surface area contributed by atoms with Crippen LogP contribution in [-0.2, 0) is 9.53 Å². The molecule has 0 aliphatic carbocycles. The molecule has 0 saturated carbocycles. The summed E-state index contributed by atoms with van der Waals surface area (Å²) >= 11 is 9.23. The van der Waals surface area contributed by atoms with Crippen molar-refractivity contribution in [2.45, 2.75) is 12.8 Å². The van der Waals surface area contributed by atoms with Gasteiger partial charge < -0.3 is 14.4 Å². The van der Waals surface area contributed by atoms with Crippen molar-refractivity contribution in [3.05, 3.63) is 57.5 Å². The van der Waals surface area contributed by atoms with Gasteiger partial charge in [0.05, 0.1) is 10.0 Å². The first-order valence-corrected chi connectivity index (χ1v) is 9.37. The van der Waals surface area contributed by atoms with Crippen LogP contribution in [0.15, 0.2) is 46.9 Å². The topological polar surface area (TPSA) is 55.8 Å². The maximum atomic E-state index is 12.1. The van der Waals surface area contributed by atoms with E-state index in [-0.39, 0.29) is 19.1 Å². The smallest absolute Gasteiger partial charge is 0.338 e. The fraction of sp³-hybridized carbons (Fsp3) is 0.263. The fourth-order valence-electron chi connectivity index (χ4n) is 2.66. The second-order valence-electron chi connectivity index (χ2n) is 5.75. The van der Waals surface area contributed by atoms with Crippen molar-refractivity contribution in [2.24, 2.45) is 0 Å². The Hall–Kier alpha value is -2.05. The molecule has 5 nitrogen and oxygen atoms in total. The van der Waals surface area contributed by atoms with E-state index in [1.165, 1.54) is 0 Å². The maximum absolute atomic E-state index is 12.1. The number of hydrogen-bond donors (Lipinski definition) is 0. The summed E-state index contributed by atoms with van der Waals surface area (Å²) in [5.41, 5.74) is 1.24. The Labute approximate surface area is 165 Å².